The number of nitrogens with zero attached hydrogens (tertiary/aromatic N) is 4. The standard InChI is InChI=1S/C12H14FN5O/c1-19-11-5-17(6-11)9-2-8(13)3-10(4-9)18-7-15-12(14)16-18/h2-4,7,11H,5-6H2,1H3,(H2,14,16). The molecule has 6 nitrogen and oxygen atoms in total. The summed E-state index contributed by atoms with van der Waals surface area (Å²) in [6, 6.07) is 4.74. The summed E-state index contributed by atoms with van der Waals surface area (Å²) < 4.78 is 20.3. The van der Waals surface area contributed by atoms with Crippen molar-refractivity contribution in [2.75, 3.05) is 30.8 Å². The first-order valence-electron chi connectivity index (χ1n) is 5.91. The first-order chi connectivity index (χ1) is 9.15. The molecule has 0 spiro atoms. The molecule has 3 rings (SSSR count). The Labute approximate surface area is 109 Å². The van der Waals surface area contributed by atoms with Crippen molar-refractivity contribution in [2.45, 2.75) is 6.10 Å². The van der Waals surface area contributed by atoms with Gasteiger partial charge in [-0.3, -0.25) is 0 Å². The quantitative estimate of drug-likeness (QED) is 0.888. The second-order valence-corrected chi connectivity index (χ2v) is 4.48. The van der Waals surface area contributed by atoms with E-state index in [4.69, 9.17) is 10.5 Å². The Morgan fingerprint density at radius 3 is 2.68 bits per heavy atom. The van der Waals surface area contributed by atoms with Crippen LogP contribution in [0.25, 0.3) is 5.69 Å². The maximum absolute atomic E-state index is 13.7. The van der Waals surface area contributed by atoms with Crippen molar-refractivity contribution < 1.29 is 9.13 Å². The fraction of sp³-hybridized carbons (Fsp3) is 0.333. The summed E-state index contributed by atoms with van der Waals surface area (Å²) in [6.07, 6.45) is 1.68. The second-order valence-electron chi connectivity index (χ2n) is 4.48. The number of benzene rings is 1. The number of methoxy groups -OCH3 is 1. The smallest absolute Gasteiger partial charge is 0.239 e. The third kappa shape index (κ3) is 2.24. The molecule has 2 N–H and O–H groups in total. The van der Waals surface area contributed by atoms with E-state index >= 15 is 0 Å². The lowest BCUT2D eigenvalue weighted by molar-refractivity contribution is 0.0787. The summed E-state index contributed by atoms with van der Waals surface area (Å²) in [6.45, 7) is 1.53. The molecule has 1 aliphatic heterocycles. The van der Waals surface area contributed by atoms with Crippen LogP contribution in [-0.4, -0.2) is 41.1 Å². The van der Waals surface area contributed by atoms with Crippen LogP contribution in [0.5, 0.6) is 0 Å². The first kappa shape index (κ1) is 11.9. The molecule has 19 heavy (non-hydrogen) atoms. The van der Waals surface area contributed by atoms with Crippen LogP contribution < -0.4 is 10.6 Å². The van der Waals surface area contributed by atoms with E-state index in [0.29, 0.717) is 5.69 Å². The van der Waals surface area contributed by atoms with Crippen molar-refractivity contribution >= 4 is 11.6 Å². The van der Waals surface area contributed by atoms with Gasteiger partial charge in [0.2, 0.25) is 5.95 Å². The Hall–Kier alpha value is -2.15. The minimum atomic E-state index is -0.317. The van der Waals surface area contributed by atoms with Gasteiger partial charge in [-0.25, -0.2) is 14.1 Å². The third-order valence-corrected chi connectivity index (χ3v) is 3.19. The van der Waals surface area contributed by atoms with Gasteiger partial charge in [0.25, 0.3) is 0 Å². The molecule has 0 saturated carbocycles. The predicted octanol–water partition coefficient (Wildman–Crippen LogP) is 0.824. The molecule has 0 radical (unpaired) electrons. The molecule has 1 aromatic heterocycles. The number of nitrogen functional groups attached to an aromatic ring is 1. The maximum Gasteiger partial charge on any atom is 0.239 e. The van der Waals surface area contributed by atoms with Gasteiger partial charge in [-0.05, 0) is 18.2 Å². The number of halogens is 1. The Morgan fingerprint density at radius 1 is 1.32 bits per heavy atom. The molecule has 0 amide bonds. The third-order valence-electron chi connectivity index (χ3n) is 3.19. The molecule has 100 valence electrons. The molecule has 7 heteroatoms. The minimum absolute atomic E-state index is 0.161. The van der Waals surface area contributed by atoms with Crippen molar-refractivity contribution in [3.8, 4) is 5.69 Å². The molecular formula is C12H14FN5O. The van der Waals surface area contributed by atoms with Gasteiger partial charge in [0.15, 0.2) is 0 Å². The molecule has 1 saturated heterocycles. The summed E-state index contributed by atoms with van der Waals surface area (Å²) in [4.78, 5) is 5.87. The molecular weight excluding hydrogens is 249 g/mol. The van der Waals surface area contributed by atoms with Gasteiger partial charge in [-0.2, -0.15) is 0 Å². The lowest BCUT2D eigenvalue weighted by Gasteiger charge is -2.40. The minimum Gasteiger partial charge on any atom is -0.378 e. The van der Waals surface area contributed by atoms with Gasteiger partial charge in [0.05, 0.1) is 11.8 Å². The summed E-state index contributed by atoms with van der Waals surface area (Å²) in [5, 5.41) is 3.97. The largest absolute Gasteiger partial charge is 0.378 e. The van der Waals surface area contributed by atoms with Crippen LogP contribution in [0, 0.1) is 5.82 Å². The van der Waals surface area contributed by atoms with E-state index in [1.165, 1.54) is 23.1 Å². The van der Waals surface area contributed by atoms with Gasteiger partial charge in [-0.15, -0.1) is 5.10 Å². The highest BCUT2D eigenvalue weighted by atomic mass is 19.1. The average Bonchev–Trinajstić information content (AvgIpc) is 2.74. The molecule has 1 aromatic carbocycles. The van der Waals surface area contributed by atoms with E-state index in [0.717, 1.165) is 18.8 Å². The Morgan fingerprint density at radius 2 is 2.05 bits per heavy atom. The van der Waals surface area contributed by atoms with Crippen molar-refractivity contribution in [1.29, 1.82) is 0 Å². The second kappa shape index (κ2) is 4.51. The number of aromatic nitrogens is 3. The van der Waals surface area contributed by atoms with Crippen molar-refractivity contribution in [3.05, 3.63) is 30.3 Å². The van der Waals surface area contributed by atoms with Crippen molar-refractivity contribution in [1.82, 2.24) is 14.8 Å². The number of anilines is 2. The first-order valence-corrected chi connectivity index (χ1v) is 5.91. The van der Waals surface area contributed by atoms with E-state index in [9.17, 15) is 4.39 Å². The van der Waals surface area contributed by atoms with E-state index in [2.05, 4.69) is 10.1 Å². The van der Waals surface area contributed by atoms with Crippen LogP contribution in [0.3, 0.4) is 0 Å². The fourth-order valence-electron chi connectivity index (χ4n) is 2.07. The Balaban J connectivity index is 1.89. The van der Waals surface area contributed by atoms with Crippen molar-refractivity contribution in [3.63, 3.8) is 0 Å². The molecule has 0 bridgehead atoms. The van der Waals surface area contributed by atoms with Crippen LogP contribution >= 0.6 is 0 Å². The van der Waals surface area contributed by atoms with Crippen LogP contribution in [0.15, 0.2) is 24.5 Å². The fourth-order valence-corrected chi connectivity index (χ4v) is 2.07. The van der Waals surface area contributed by atoms with E-state index in [1.807, 2.05) is 11.0 Å². The molecule has 2 aromatic rings. The highest BCUT2D eigenvalue weighted by Gasteiger charge is 2.27. The molecule has 0 aliphatic carbocycles. The zero-order valence-corrected chi connectivity index (χ0v) is 10.5. The van der Waals surface area contributed by atoms with E-state index < -0.39 is 0 Å². The normalized spacial score (nSPS) is 15.6. The molecule has 1 fully saturated rings. The average molecular weight is 263 g/mol. The molecule has 0 unspecified atom stereocenters. The topological polar surface area (TPSA) is 69.2 Å². The van der Waals surface area contributed by atoms with Crippen LogP contribution in [0.4, 0.5) is 16.0 Å². The van der Waals surface area contributed by atoms with Gasteiger partial charge < -0.3 is 15.4 Å². The highest BCUT2D eigenvalue weighted by molar-refractivity contribution is 5.55. The van der Waals surface area contributed by atoms with Crippen LogP contribution in [-0.2, 0) is 4.74 Å². The zero-order chi connectivity index (χ0) is 13.4. The predicted molar refractivity (Wildman–Crippen MR) is 68.7 cm³/mol. The Kier molecular flexibility index (Phi) is 2.83. The summed E-state index contributed by atoms with van der Waals surface area (Å²) >= 11 is 0. The van der Waals surface area contributed by atoms with Crippen LogP contribution in [0.2, 0.25) is 0 Å². The monoisotopic (exact) mass is 263 g/mol. The number of rotatable bonds is 3. The van der Waals surface area contributed by atoms with Gasteiger partial charge >= 0.3 is 0 Å². The zero-order valence-electron chi connectivity index (χ0n) is 10.5. The lowest BCUT2D eigenvalue weighted by atomic mass is 10.1. The number of ether oxygens (including phenoxy) is 1. The SMILES string of the molecule is COC1CN(c2cc(F)cc(-n3cnc(N)n3)c2)C1. The summed E-state index contributed by atoms with van der Waals surface area (Å²) in [7, 11) is 1.68. The van der Waals surface area contributed by atoms with Gasteiger partial charge in [0.1, 0.15) is 12.1 Å². The van der Waals surface area contributed by atoms with Crippen LogP contribution in [0.1, 0.15) is 0 Å². The van der Waals surface area contributed by atoms with E-state index in [-0.39, 0.29) is 17.9 Å². The summed E-state index contributed by atoms with van der Waals surface area (Å²) in [5.41, 5.74) is 6.86. The molecule has 1 aliphatic rings. The Bertz CT molecular complexity index is 594. The van der Waals surface area contributed by atoms with Gasteiger partial charge in [0, 0.05) is 25.9 Å². The highest BCUT2D eigenvalue weighted by Crippen LogP contribution is 2.25. The maximum atomic E-state index is 13.7. The lowest BCUT2D eigenvalue weighted by Crippen LogP contribution is -2.51. The number of hydrogen-bond donors (Lipinski definition) is 1. The number of nitrogens with two attached hydrogens (primary N) is 1. The van der Waals surface area contributed by atoms with Crippen molar-refractivity contribution in [2.24, 2.45) is 0 Å². The summed E-state index contributed by atoms with van der Waals surface area (Å²) in [5.74, 6) is -0.156. The van der Waals surface area contributed by atoms with E-state index in [1.54, 1.807) is 7.11 Å². The molecule has 2 heterocycles. The number of hydrogen-bond acceptors (Lipinski definition) is 5. The van der Waals surface area contributed by atoms with Gasteiger partial charge in [-0.1, -0.05) is 0 Å². The molecule has 0 atom stereocenters.